The van der Waals surface area contributed by atoms with Gasteiger partial charge in [-0.1, -0.05) is 41.9 Å². The molecule has 0 fully saturated rings. The van der Waals surface area contributed by atoms with Crippen molar-refractivity contribution in [3.63, 3.8) is 0 Å². The molecule has 0 aliphatic carbocycles. The maximum absolute atomic E-state index is 12.6. The quantitative estimate of drug-likeness (QED) is 0.581. The first-order chi connectivity index (χ1) is 13.5. The van der Waals surface area contributed by atoms with Crippen LogP contribution in [0.25, 0.3) is 11.1 Å². The number of carbonyl (C=O) groups excluding carboxylic acids is 1. The molecule has 1 N–H and O–H groups in total. The Morgan fingerprint density at radius 3 is 2.46 bits per heavy atom. The maximum Gasteiger partial charge on any atom is 0.340 e. The van der Waals surface area contributed by atoms with Gasteiger partial charge in [-0.05, 0) is 43.7 Å². The van der Waals surface area contributed by atoms with Crippen molar-refractivity contribution in [2.45, 2.75) is 13.8 Å². The van der Waals surface area contributed by atoms with Gasteiger partial charge in [0, 0.05) is 16.3 Å². The molecule has 6 heteroatoms. The topological polar surface area (TPSA) is 75.0 Å². The fraction of sp³-hybridized carbons (Fsp3) is 0.136. The minimum Gasteiger partial charge on any atom is -0.462 e. The zero-order valence-corrected chi connectivity index (χ0v) is 16.2. The second kappa shape index (κ2) is 8.55. The molecule has 0 amide bonds. The van der Waals surface area contributed by atoms with Crippen molar-refractivity contribution in [3.05, 3.63) is 76.4 Å². The summed E-state index contributed by atoms with van der Waals surface area (Å²) in [5.41, 5.74) is 2.96. The molecule has 3 aromatic rings. The molecular formula is C22H18ClN3O2. The van der Waals surface area contributed by atoms with Gasteiger partial charge in [-0.3, -0.25) is 0 Å². The first-order valence-electron chi connectivity index (χ1n) is 8.75. The third-order valence-electron chi connectivity index (χ3n) is 4.14. The Bertz CT molecular complexity index is 1040. The number of halogens is 1. The molecule has 0 unspecified atom stereocenters. The smallest absolute Gasteiger partial charge is 0.340 e. The number of para-hydroxylation sites is 1. The van der Waals surface area contributed by atoms with Crippen LogP contribution in [0.1, 0.15) is 28.5 Å². The summed E-state index contributed by atoms with van der Waals surface area (Å²) < 4.78 is 5.22. The molecule has 0 bridgehead atoms. The summed E-state index contributed by atoms with van der Waals surface area (Å²) in [7, 11) is 0. The Hall–Kier alpha value is -3.36. The van der Waals surface area contributed by atoms with Crippen molar-refractivity contribution in [1.82, 2.24) is 4.98 Å². The monoisotopic (exact) mass is 391 g/mol. The fourth-order valence-electron chi connectivity index (χ4n) is 2.92. The summed E-state index contributed by atoms with van der Waals surface area (Å²) in [6.07, 6.45) is 0. The Morgan fingerprint density at radius 2 is 1.86 bits per heavy atom. The minimum absolute atomic E-state index is 0.226. The fourth-order valence-corrected chi connectivity index (χ4v) is 3.05. The lowest BCUT2D eigenvalue weighted by Crippen LogP contribution is -2.13. The van der Waals surface area contributed by atoms with Gasteiger partial charge in [0.05, 0.1) is 17.9 Å². The Kier molecular flexibility index (Phi) is 5.93. The van der Waals surface area contributed by atoms with Crippen molar-refractivity contribution < 1.29 is 9.53 Å². The number of benzene rings is 2. The second-order valence-electron chi connectivity index (χ2n) is 6.00. The molecule has 0 aliphatic rings. The molecular weight excluding hydrogens is 374 g/mol. The van der Waals surface area contributed by atoms with Gasteiger partial charge in [-0.15, -0.1) is 0 Å². The first kappa shape index (κ1) is 19.4. The number of hydrogen-bond acceptors (Lipinski definition) is 5. The molecule has 2 aromatic carbocycles. The van der Waals surface area contributed by atoms with Gasteiger partial charge in [0.2, 0.25) is 0 Å². The lowest BCUT2D eigenvalue weighted by Gasteiger charge is -2.17. The number of aryl methyl sites for hydroxylation is 1. The van der Waals surface area contributed by atoms with Gasteiger partial charge < -0.3 is 10.1 Å². The van der Waals surface area contributed by atoms with E-state index >= 15 is 0 Å². The predicted molar refractivity (Wildman–Crippen MR) is 110 cm³/mol. The Labute approximate surface area is 168 Å². The molecule has 0 saturated heterocycles. The number of nitrogens with zero attached hydrogens (tertiary/aromatic N) is 2. The lowest BCUT2D eigenvalue weighted by molar-refractivity contribution is 0.0526. The third kappa shape index (κ3) is 3.98. The highest BCUT2D eigenvalue weighted by atomic mass is 35.5. The number of aromatic nitrogens is 1. The Morgan fingerprint density at radius 1 is 1.18 bits per heavy atom. The van der Waals surface area contributed by atoms with E-state index in [-0.39, 0.29) is 17.7 Å². The second-order valence-corrected chi connectivity index (χ2v) is 6.44. The number of ether oxygens (including phenoxy) is 1. The zero-order valence-electron chi connectivity index (χ0n) is 15.5. The summed E-state index contributed by atoms with van der Waals surface area (Å²) in [6, 6.07) is 18.6. The molecule has 0 atom stereocenters. The van der Waals surface area contributed by atoms with Crippen LogP contribution >= 0.6 is 11.6 Å². The average Bonchev–Trinajstić information content (AvgIpc) is 2.69. The van der Waals surface area contributed by atoms with Crippen LogP contribution in [-0.4, -0.2) is 17.6 Å². The van der Waals surface area contributed by atoms with E-state index in [1.54, 1.807) is 38.1 Å². The number of anilines is 2. The summed E-state index contributed by atoms with van der Waals surface area (Å²) in [5, 5.41) is 13.6. The van der Waals surface area contributed by atoms with Gasteiger partial charge in [0.25, 0.3) is 0 Å². The maximum atomic E-state index is 12.6. The van der Waals surface area contributed by atoms with Gasteiger partial charge in [0.1, 0.15) is 17.5 Å². The molecule has 0 saturated carbocycles. The normalized spacial score (nSPS) is 10.2. The predicted octanol–water partition coefficient (Wildman–Crippen LogP) is 5.50. The van der Waals surface area contributed by atoms with E-state index in [9.17, 15) is 10.1 Å². The van der Waals surface area contributed by atoms with E-state index in [2.05, 4.69) is 16.4 Å². The van der Waals surface area contributed by atoms with Crippen molar-refractivity contribution in [2.24, 2.45) is 0 Å². The van der Waals surface area contributed by atoms with E-state index in [1.165, 1.54) is 0 Å². The van der Waals surface area contributed by atoms with Gasteiger partial charge >= 0.3 is 5.97 Å². The number of esters is 1. The summed E-state index contributed by atoms with van der Waals surface area (Å²) in [5.74, 6) is -0.135. The number of rotatable bonds is 5. The highest BCUT2D eigenvalue weighted by Crippen LogP contribution is 2.35. The first-order valence-corrected chi connectivity index (χ1v) is 9.12. The number of hydrogen-bond donors (Lipinski definition) is 1. The number of carbonyl (C=O) groups is 1. The molecule has 0 aliphatic heterocycles. The molecule has 5 nitrogen and oxygen atoms in total. The standard InChI is InChI=1S/C22H18ClN3O2/c1-3-28-22(27)19-14(2)25-21(26-17-7-5-4-6-8-17)18(13-24)20(19)15-9-11-16(23)12-10-15/h4-12H,3H2,1-2H3,(H,25,26). The molecule has 140 valence electrons. The zero-order chi connectivity index (χ0) is 20.1. The summed E-state index contributed by atoms with van der Waals surface area (Å²) >= 11 is 6.01. The van der Waals surface area contributed by atoms with Crippen LogP contribution in [0.3, 0.4) is 0 Å². The molecule has 28 heavy (non-hydrogen) atoms. The summed E-state index contributed by atoms with van der Waals surface area (Å²) in [4.78, 5) is 17.1. The van der Waals surface area contributed by atoms with E-state index in [4.69, 9.17) is 16.3 Å². The summed E-state index contributed by atoms with van der Waals surface area (Å²) in [6.45, 7) is 3.69. The van der Waals surface area contributed by atoms with E-state index in [0.717, 1.165) is 5.69 Å². The largest absolute Gasteiger partial charge is 0.462 e. The number of nitrogens with one attached hydrogen (secondary N) is 1. The van der Waals surface area contributed by atoms with Crippen molar-refractivity contribution in [1.29, 1.82) is 5.26 Å². The van der Waals surface area contributed by atoms with Crippen molar-refractivity contribution in [2.75, 3.05) is 11.9 Å². The molecule has 1 heterocycles. The average molecular weight is 392 g/mol. The van der Waals surface area contributed by atoms with Crippen LogP contribution in [-0.2, 0) is 4.74 Å². The molecule has 3 rings (SSSR count). The van der Waals surface area contributed by atoms with Crippen LogP contribution in [0.15, 0.2) is 54.6 Å². The van der Waals surface area contributed by atoms with Crippen molar-refractivity contribution in [3.8, 4) is 17.2 Å². The Balaban J connectivity index is 2.26. The SMILES string of the molecule is CCOC(=O)c1c(C)nc(Nc2ccccc2)c(C#N)c1-c1ccc(Cl)cc1. The van der Waals surface area contributed by atoms with Gasteiger partial charge in [-0.2, -0.15) is 5.26 Å². The molecule has 0 radical (unpaired) electrons. The van der Waals surface area contributed by atoms with Crippen LogP contribution in [0.2, 0.25) is 5.02 Å². The van der Waals surface area contributed by atoms with Gasteiger partial charge in [0.15, 0.2) is 0 Å². The van der Waals surface area contributed by atoms with E-state index < -0.39 is 5.97 Å². The van der Waals surface area contributed by atoms with Gasteiger partial charge in [-0.25, -0.2) is 9.78 Å². The molecule has 1 aromatic heterocycles. The number of nitriles is 1. The van der Waals surface area contributed by atoms with Crippen molar-refractivity contribution >= 4 is 29.1 Å². The van der Waals surface area contributed by atoms with E-state index in [0.29, 0.717) is 27.7 Å². The van der Waals surface area contributed by atoms with Crippen LogP contribution in [0.5, 0.6) is 0 Å². The highest BCUT2D eigenvalue weighted by molar-refractivity contribution is 6.30. The minimum atomic E-state index is -0.514. The molecule has 0 spiro atoms. The van der Waals surface area contributed by atoms with Crippen LogP contribution in [0.4, 0.5) is 11.5 Å². The van der Waals surface area contributed by atoms with Crippen LogP contribution in [0, 0.1) is 18.3 Å². The third-order valence-corrected chi connectivity index (χ3v) is 4.39. The highest BCUT2D eigenvalue weighted by Gasteiger charge is 2.25. The van der Waals surface area contributed by atoms with Crippen LogP contribution < -0.4 is 5.32 Å². The van der Waals surface area contributed by atoms with E-state index in [1.807, 2.05) is 30.3 Å². The lowest BCUT2D eigenvalue weighted by atomic mass is 9.94. The number of pyridine rings is 1.